The Morgan fingerprint density at radius 1 is 1.24 bits per heavy atom. The molecule has 0 spiro atoms. The highest BCUT2D eigenvalue weighted by Gasteiger charge is 2.06. The number of amides is 1. The van der Waals surface area contributed by atoms with Gasteiger partial charge in [-0.05, 0) is 36.8 Å². The lowest BCUT2D eigenvalue weighted by molar-refractivity contribution is -0.116. The Morgan fingerprint density at radius 3 is 2.71 bits per heavy atom. The first-order valence-corrected chi connectivity index (χ1v) is 7.40. The Balaban J connectivity index is 1.82. The van der Waals surface area contributed by atoms with E-state index in [-0.39, 0.29) is 18.0 Å². The molecule has 2 aromatic carbocycles. The molecule has 0 radical (unpaired) electrons. The fraction of sp³-hybridized carbons (Fsp3) is 0.188. The lowest BCUT2D eigenvalue weighted by Gasteiger charge is -2.09. The minimum atomic E-state index is -0.429. The van der Waals surface area contributed by atoms with E-state index in [9.17, 15) is 9.18 Å². The first-order valence-electron chi connectivity index (χ1n) is 6.60. The van der Waals surface area contributed by atoms with Gasteiger partial charge in [0.25, 0.3) is 0 Å². The number of aryl methyl sites for hydroxylation is 1. The van der Waals surface area contributed by atoms with E-state index >= 15 is 0 Å². The monoisotopic (exact) mass is 350 g/mol. The average Bonchev–Trinajstić information content (AvgIpc) is 2.45. The Morgan fingerprint density at radius 2 is 2.00 bits per heavy atom. The van der Waals surface area contributed by atoms with Crippen LogP contribution in [0.3, 0.4) is 0 Å². The number of carbonyl (C=O) groups excluding carboxylic acids is 1. The molecule has 0 aliphatic heterocycles. The SMILES string of the molecule is Cc1ccc(NCCC(=O)Nc2ccccc2F)cc1Br. The number of para-hydroxylation sites is 1. The highest BCUT2D eigenvalue weighted by atomic mass is 79.9. The van der Waals surface area contributed by atoms with E-state index < -0.39 is 5.82 Å². The topological polar surface area (TPSA) is 41.1 Å². The fourth-order valence-electron chi connectivity index (χ4n) is 1.80. The van der Waals surface area contributed by atoms with E-state index in [4.69, 9.17) is 0 Å². The molecule has 0 bridgehead atoms. The smallest absolute Gasteiger partial charge is 0.226 e. The summed E-state index contributed by atoms with van der Waals surface area (Å²) in [5, 5.41) is 5.71. The van der Waals surface area contributed by atoms with Crippen molar-refractivity contribution < 1.29 is 9.18 Å². The minimum Gasteiger partial charge on any atom is -0.384 e. The van der Waals surface area contributed by atoms with Crippen LogP contribution in [0, 0.1) is 12.7 Å². The van der Waals surface area contributed by atoms with Crippen molar-refractivity contribution in [1.82, 2.24) is 0 Å². The average molecular weight is 351 g/mol. The lowest BCUT2D eigenvalue weighted by atomic mass is 10.2. The summed E-state index contributed by atoms with van der Waals surface area (Å²) in [6.07, 6.45) is 0.264. The maximum atomic E-state index is 13.4. The van der Waals surface area contributed by atoms with Gasteiger partial charge in [-0.3, -0.25) is 4.79 Å². The molecule has 0 aliphatic carbocycles. The lowest BCUT2D eigenvalue weighted by Crippen LogP contribution is -2.16. The summed E-state index contributed by atoms with van der Waals surface area (Å²) in [6.45, 7) is 2.49. The maximum Gasteiger partial charge on any atom is 0.226 e. The van der Waals surface area contributed by atoms with Gasteiger partial charge in [0.2, 0.25) is 5.91 Å². The third-order valence-corrected chi connectivity index (χ3v) is 3.86. The molecule has 0 saturated heterocycles. The Labute approximate surface area is 131 Å². The van der Waals surface area contributed by atoms with Crippen molar-refractivity contribution in [2.24, 2.45) is 0 Å². The van der Waals surface area contributed by atoms with Gasteiger partial charge in [-0.2, -0.15) is 0 Å². The summed E-state index contributed by atoms with van der Waals surface area (Å²) < 4.78 is 14.4. The highest BCUT2D eigenvalue weighted by molar-refractivity contribution is 9.10. The van der Waals surface area contributed by atoms with Gasteiger partial charge in [0, 0.05) is 23.1 Å². The maximum absolute atomic E-state index is 13.4. The van der Waals surface area contributed by atoms with E-state index in [1.54, 1.807) is 12.1 Å². The molecule has 1 amide bonds. The van der Waals surface area contributed by atoms with Crippen molar-refractivity contribution in [1.29, 1.82) is 0 Å². The number of nitrogens with one attached hydrogen (secondary N) is 2. The molecule has 0 saturated carbocycles. The normalized spacial score (nSPS) is 10.2. The van der Waals surface area contributed by atoms with Crippen LogP contribution >= 0.6 is 15.9 Å². The molecule has 110 valence electrons. The van der Waals surface area contributed by atoms with E-state index in [0.717, 1.165) is 15.7 Å². The van der Waals surface area contributed by atoms with Gasteiger partial charge < -0.3 is 10.6 Å². The molecule has 2 rings (SSSR count). The Bertz CT molecular complexity index is 646. The van der Waals surface area contributed by atoms with Gasteiger partial charge in [0.05, 0.1) is 5.69 Å². The van der Waals surface area contributed by atoms with Gasteiger partial charge in [0.15, 0.2) is 0 Å². The van der Waals surface area contributed by atoms with Crippen LogP contribution in [0.15, 0.2) is 46.9 Å². The Hall–Kier alpha value is -1.88. The fourth-order valence-corrected chi connectivity index (χ4v) is 2.18. The van der Waals surface area contributed by atoms with Crippen LogP contribution in [0.25, 0.3) is 0 Å². The molecular formula is C16H16BrFN2O. The molecule has 0 atom stereocenters. The van der Waals surface area contributed by atoms with Gasteiger partial charge in [-0.1, -0.05) is 34.1 Å². The summed E-state index contributed by atoms with van der Waals surface area (Å²) in [7, 11) is 0. The van der Waals surface area contributed by atoms with Crippen LogP contribution in [0.1, 0.15) is 12.0 Å². The van der Waals surface area contributed by atoms with Gasteiger partial charge in [-0.25, -0.2) is 4.39 Å². The highest BCUT2D eigenvalue weighted by Crippen LogP contribution is 2.20. The zero-order chi connectivity index (χ0) is 15.2. The van der Waals surface area contributed by atoms with Crippen LogP contribution in [0.5, 0.6) is 0 Å². The molecule has 3 nitrogen and oxygen atoms in total. The molecule has 0 aliphatic rings. The number of halogens is 2. The van der Waals surface area contributed by atoms with Crippen LogP contribution in [-0.2, 0) is 4.79 Å². The quantitative estimate of drug-likeness (QED) is 0.842. The van der Waals surface area contributed by atoms with E-state index in [1.165, 1.54) is 12.1 Å². The second-order valence-electron chi connectivity index (χ2n) is 4.67. The third kappa shape index (κ3) is 4.56. The predicted octanol–water partition coefficient (Wildman–Crippen LogP) is 4.34. The van der Waals surface area contributed by atoms with Gasteiger partial charge >= 0.3 is 0 Å². The molecule has 0 aromatic heterocycles. The standard InChI is InChI=1S/C16H16BrFN2O/c1-11-6-7-12(10-13(11)17)19-9-8-16(21)20-15-5-3-2-4-14(15)18/h2-7,10,19H,8-9H2,1H3,(H,20,21). The predicted molar refractivity (Wildman–Crippen MR) is 87.0 cm³/mol. The van der Waals surface area contributed by atoms with Crippen molar-refractivity contribution in [2.75, 3.05) is 17.2 Å². The second kappa shape index (κ2) is 7.22. The van der Waals surface area contributed by atoms with E-state index in [0.29, 0.717) is 6.54 Å². The summed E-state index contributed by atoms with van der Waals surface area (Å²) in [5.74, 6) is -0.653. The summed E-state index contributed by atoms with van der Waals surface area (Å²) in [5.41, 5.74) is 2.30. The van der Waals surface area contributed by atoms with Gasteiger partial charge in [0.1, 0.15) is 5.82 Å². The number of hydrogen-bond donors (Lipinski definition) is 2. The molecule has 0 unspecified atom stereocenters. The van der Waals surface area contributed by atoms with Crippen molar-refractivity contribution in [2.45, 2.75) is 13.3 Å². The summed E-state index contributed by atoms with van der Waals surface area (Å²) in [6, 6.07) is 12.0. The van der Waals surface area contributed by atoms with Crippen molar-refractivity contribution in [3.05, 3.63) is 58.3 Å². The molecule has 2 aromatic rings. The largest absolute Gasteiger partial charge is 0.384 e. The first kappa shape index (κ1) is 15.5. The number of hydrogen-bond acceptors (Lipinski definition) is 2. The molecule has 21 heavy (non-hydrogen) atoms. The molecular weight excluding hydrogens is 335 g/mol. The van der Waals surface area contributed by atoms with Crippen LogP contribution in [0.2, 0.25) is 0 Å². The third-order valence-electron chi connectivity index (χ3n) is 3.00. The van der Waals surface area contributed by atoms with Crippen molar-refractivity contribution in [3.63, 3.8) is 0 Å². The second-order valence-corrected chi connectivity index (χ2v) is 5.52. The Kier molecular flexibility index (Phi) is 5.33. The van der Waals surface area contributed by atoms with Crippen molar-refractivity contribution in [3.8, 4) is 0 Å². The number of benzene rings is 2. The number of rotatable bonds is 5. The first-order chi connectivity index (χ1) is 10.1. The van der Waals surface area contributed by atoms with Crippen LogP contribution in [-0.4, -0.2) is 12.5 Å². The van der Waals surface area contributed by atoms with E-state index in [1.807, 2.05) is 25.1 Å². The van der Waals surface area contributed by atoms with Crippen molar-refractivity contribution >= 4 is 33.2 Å². The molecule has 5 heteroatoms. The minimum absolute atomic E-state index is 0.209. The number of anilines is 2. The van der Waals surface area contributed by atoms with Gasteiger partial charge in [-0.15, -0.1) is 0 Å². The molecule has 2 N–H and O–H groups in total. The summed E-state index contributed by atoms with van der Waals surface area (Å²) >= 11 is 3.46. The molecule has 0 heterocycles. The van der Waals surface area contributed by atoms with E-state index in [2.05, 4.69) is 26.6 Å². The van der Waals surface area contributed by atoms with Crippen LogP contribution in [0.4, 0.5) is 15.8 Å². The zero-order valence-electron chi connectivity index (χ0n) is 11.6. The summed E-state index contributed by atoms with van der Waals surface area (Å²) in [4.78, 5) is 11.7. The number of carbonyl (C=O) groups is 1. The van der Waals surface area contributed by atoms with Crippen LogP contribution < -0.4 is 10.6 Å². The molecule has 0 fully saturated rings. The zero-order valence-corrected chi connectivity index (χ0v) is 13.2.